The van der Waals surface area contributed by atoms with Gasteiger partial charge in [-0.05, 0) is 19.9 Å². The Morgan fingerprint density at radius 1 is 0.926 bits per heavy atom. The Labute approximate surface area is 180 Å². The molecule has 5 aromatic rings. The second-order valence-electron chi connectivity index (χ2n) is 6.64. The average Bonchev–Trinajstić information content (AvgIpc) is 3.28. The fourth-order valence-electron chi connectivity index (χ4n) is 3.56. The maximum absolute atomic E-state index is 6.21. The molecule has 5 rings (SSSR count). The molecule has 0 saturated heterocycles. The van der Waals surface area contributed by atoms with Gasteiger partial charge in [0, 0.05) is 10.8 Å². The van der Waals surface area contributed by atoms with Gasteiger partial charge in [-0.15, -0.1) is 0 Å². The second-order valence-corrected chi connectivity index (χ2v) is 6.64. The SMILES string of the molecule is CC(C)[n+]1[c-]n(-c2cccc3c2oc2ccccc23)c2ccccc21.[Ag][I]. The third kappa shape index (κ3) is 3.14. The molecule has 3 nitrogen and oxygen atoms in total. The Bertz CT molecular complexity index is 1240. The Morgan fingerprint density at radius 2 is 1.63 bits per heavy atom. The van der Waals surface area contributed by atoms with Crippen molar-refractivity contribution in [1.82, 2.24) is 4.57 Å². The van der Waals surface area contributed by atoms with Gasteiger partial charge < -0.3 is 13.6 Å². The van der Waals surface area contributed by atoms with Gasteiger partial charge in [-0.2, -0.15) is 0 Å². The molecule has 3 aromatic carbocycles. The number of aromatic nitrogens is 2. The minimum atomic E-state index is 0.334. The number of hydrogen-bond acceptors (Lipinski definition) is 1. The minimum absolute atomic E-state index is 0.334. The van der Waals surface area contributed by atoms with E-state index in [4.69, 9.17) is 4.42 Å². The van der Waals surface area contributed by atoms with E-state index in [0.29, 0.717) is 6.04 Å². The van der Waals surface area contributed by atoms with E-state index in [1.165, 1.54) is 5.52 Å². The van der Waals surface area contributed by atoms with Crippen molar-refractivity contribution in [1.29, 1.82) is 0 Å². The summed E-state index contributed by atoms with van der Waals surface area (Å²) >= 11 is 4.88. The summed E-state index contributed by atoms with van der Waals surface area (Å²) in [5, 5.41) is 2.28. The van der Waals surface area contributed by atoms with Crippen LogP contribution in [0, 0.1) is 6.33 Å². The maximum atomic E-state index is 6.21. The molecular weight excluding hydrogens is 543 g/mol. The zero-order valence-electron chi connectivity index (χ0n) is 14.9. The molecule has 5 heteroatoms. The van der Waals surface area contributed by atoms with E-state index in [1.807, 2.05) is 37.2 Å². The van der Waals surface area contributed by atoms with Gasteiger partial charge in [-0.1, -0.05) is 60.7 Å². The number of rotatable bonds is 2. The summed E-state index contributed by atoms with van der Waals surface area (Å²) in [6, 6.07) is 23.2. The molecule has 0 saturated carbocycles. The van der Waals surface area contributed by atoms with Crippen LogP contribution in [0.3, 0.4) is 0 Å². The van der Waals surface area contributed by atoms with Gasteiger partial charge in [0.15, 0.2) is 0 Å². The summed E-state index contributed by atoms with van der Waals surface area (Å²) in [4.78, 5) is 0. The zero-order chi connectivity index (χ0) is 19.0. The van der Waals surface area contributed by atoms with Gasteiger partial charge in [0.2, 0.25) is 6.33 Å². The zero-order valence-corrected chi connectivity index (χ0v) is 18.6. The van der Waals surface area contributed by atoms with E-state index >= 15 is 0 Å². The normalized spacial score (nSPS) is 11.3. The van der Waals surface area contributed by atoms with Gasteiger partial charge in [0.05, 0.1) is 22.8 Å². The molecule has 0 aliphatic rings. The molecule has 0 unspecified atom stereocenters. The number of para-hydroxylation sites is 4. The first-order valence-electron chi connectivity index (χ1n) is 8.70. The van der Waals surface area contributed by atoms with Crippen LogP contribution in [-0.2, 0) is 17.3 Å². The van der Waals surface area contributed by atoms with E-state index in [9.17, 15) is 0 Å². The Hall–Kier alpha value is -1.60. The summed E-state index contributed by atoms with van der Waals surface area (Å²) in [6.45, 7) is 4.35. The van der Waals surface area contributed by atoms with E-state index in [1.54, 1.807) is 0 Å². The van der Waals surface area contributed by atoms with Crippen LogP contribution in [-0.4, -0.2) is 4.57 Å². The van der Waals surface area contributed by atoms with Crippen LogP contribution in [0.4, 0.5) is 0 Å². The number of halogens is 1. The van der Waals surface area contributed by atoms with Crippen LogP contribution < -0.4 is 4.57 Å². The topological polar surface area (TPSA) is 21.9 Å². The van der Waals surface area contributed by atoms with Gasteiger partial charge in [-0.25, -0.2) is 0 Å². The molecule has 27 heavy (non-hydrogen) atoms. The molecule has 0 bridgehead atoms. The third-order valence-corrected chi connectivity index (χ3v) is 4.73. The van der Waals surface area contributed by atoms with Crippen molar-refractivity contribution in [2.75, 3.05) is 0 Å². The molecule has 2 aromatic heterocycles. The quantitative estimate of drug-likeness (QED) is 0.111. The summed E-state index contributed by atoms with van der Waals surface area (Å²) in [6.07, 6.45) is 3.52. The summed E-state index contributed by atoms with van der Waals surface area (Å²) < 4.78 is 10.5. The van der Waals surface area contributed by atoms with Gasteiger partial charge in [0.1, 0.15) is 11.2 Å². The van der Waals surface area contributed by atoms with Gasteiger partial charge >= 0.3 is 36.3 Å². The van der Waals surface area contributed by atoms with Crippen molar-refractivity contribution in [3.8, 4) is 5.69 Å². The number of furan rings is 1. The first-order valence-corrected chi connectivity index (χ1v) is 13.1. The Morgan fingerprint density at radius 3 is 2.44 bits per heavy atom. The molecule has 0 amide bonds. The molecule has 0 fully saturated rings. The van der Waals surface area contributed by atoms with Crippen molar-refractivity contribution in [2.24, 2.45) is 0 Å². The molecule has 140 valence electrons. The Balaban J connectivity index is 0.000000872. The van der Waals surface area contributed by atoms with Crippen molar-refractivity contribution in [2.45, 2.75) is 19.9 Å². The first-order chi connectivity index (χ1) is 13.2. The van der Waals surface area contributed by atoms with Crippen molar-refractivity contribution in [3.05, 3.63) is 73.1 Å². The Kier molecular flexibility index (Phi) is 5.41. The van der Waals surface area contributed by atoms with Crippen LogP contribution >= 0.6 is 19.0 Å². The standard InChI is InChI=1S/C22H18N2O.Ag.HI/c1-15(2)23-14-24(19-11-5-4-10-18(19)23)20-12-7-9-17-16-8-3-6-13-21(16)25-22(17)20;;/h3-13,15H,1-2H3;;1H/q;+1;/p-1. The fourth-order valence-corrected chi connectivity index (χ4v) is 3.56. The molecule has 0 aliphatic carbocycles. The molecule has 2 heterocycles. The number of hydrogen-bond donors (Lipinski definition) is 0. The van der Waals surface area contributed by atoms with E-state index < -0.39 is 0 Å². The fraction of sp³-hybridized carbons (Fsp3) is 0.136. The number of imidazole rings is 1. The number of benzene rings is 3. The van der Waals surface area contributed by atoms with Crippen LogP contribution in [0.15, 0.2) is 71.1 Å². The van der Waals surface area contributed by atoms with Crippen molar-refractivity contribution < 1.29 is 26.2 Å². The van der Waals surface area contributed by atoms with Crippen molar-refractivity contribution >= 4 is 52.0 Å². The molecule has 0 radical (unpaired) electrons. The molecule has 0 N–H and O–H groups in total. The van der Waals surface area contributed by atoms with E-state index in [2.05, 4.69) is 95.1 Å². The predicted molar refractivity (Wildman–Crippen MR) is 114 cm³/mol. The molecule has 0 atom stereocenters. The van der Waals surface area contributed by atoms with Crippen LogP contribution in [0.5, 0.6) is 0 Å². The monoisotopic (exact) mass is 560 g/mol. The number of nitrogens with zero attached hydrogens (tertiary/aromatic N) is 2. The second kappa shape index (κ2) is 7.80. The van der Waals surface area contributed by atoms with E-state index in [-0.39, 0.29) is 0 Å². The number of fused-ring (bicyclic) bond motifs is 4. The summed E-state index contributed by atoms with van der Waals surface area (Å²) in [5.41, 5.74) is 5.13. The van der Waals surface area contributed by atoms with Gasteiger partial charge in [-0.3, -0.25) is 0 Å². The first kappa shape index (κ1) is 18.7. The molecule has 0 aliphatic heterocycles. The molecule has 0 spiro atoms. The van der Waals surface area contributed by atoms with Crippen LogP contribution in [0.2, 0.25) is 0 Å². The third-order valence-electron chi connectivity index (χ3n) is 4.73. The summed E-state index contributed by atoms with van der Waals surface area (Å²) in [5.74, 6) is 0. The average molecular weight is 561 g/mol. The van der Waals surface area contributed by atoms with Crippen LogP contribution in [0.1, 0.15) is 19.9 Å². The van der Waals surface area contributed by atoms with E-state index in [0.717, 1.165) is 33.1 Å². The van der Waals surface area contributed by atoms with Gasteiger partial charge in [0.25, 0.3) is 0 Å². The van der Waals surface area contributed by atoms with Crippen LogP contribution in [0.25, 0.3) is 38.7 Å². The predicted octanol–water partition coefficient (Wildman–Crippen LogP) is 6.08. The summed E-state index contributed by atoms with van der Waals surface area (Å²) in [7, 11) is 0. The van der Waals surface area contributed by atoms with Crippen molar-refractivity contribution in [3.63, 3.8) is 0 Å². The molecular formula is C22H18AgIN2O.